The Morgan fingerprint density at radius 3 is 2.50 bits per heavy atom. The van der Waals surface area contributed by atoms with Crippen LogP contribution in [0.2, 0.25) is 0 Å². The standard InChI is InChI=1S/C17H30N2.C2H3N/c1-6-10-14(2)15(3)11-8-7-9-12-17(5)19-13-16(4)18;1-2-3/h6,9-10,12,14-15H,4,7-8,11,13,18H2,1-3,5H3;1H3/b10-6-,12-9+,19-17?;. The van der Waals surface area contributed by atoms with Crippen LogP contribution in [-0.4, -0.2) is 12.3 Å². The minimum atomic E-state index is 0.522. The molecule has 0 amide bonds. The highest BCUT2D eigenvalue weighted by atomic mass is 14.8. The Balaban J connectivity index is 0. The van der Waals surface area contributed by atoms with Gasteiger partial charge in [0.05, 0.1) is 12.6 Å². The summed E-state index contributed by atoms with van der Waals surface area (Å²) in [5.41, 5.74) is 7.10. The Hall–Kier alpha value is -1.82. The van der Waals surface area contributed by atoms with Crippen molar-refractivity contribution in [2.75, 3.05) is 6.54 Å². The number of allylic oxidation sites excluding steroid dienone is 4. The highest BCUT2D eigenvalue weighted by molar-refractivity contribution is 5.92. The summed E-state index contributed by atoms with van der Waals surface area (Å²) in [5, 5.41) is 7.32. The summed E-state index contributed by atoms with van der Waals surface area (Å²) < 4.78 is 0. The third-order valence-electron chi connectivity index (χ3n) is 3.31. The smallest absolute Gasteiger partial charge is 0.0781 e. The van der Waals surface area contributed by atoms with Crippen molar-refractivity contribution in [2.24, 2.45) is 22.6 Å². The first-order valence-corrected chi connectivity index (χ1v) is 7.93. The van der Waals surface area contributed by atoms with Gasteiger partial charge in [-0.25, -0.2) is 0 Å². The Kier molecular flexibility index (Phi) is 15.9. The molecule has 22 heavy (non-hydrogen) atoms. The molecule has 0 aliphatic rings. The molecule has 0 saturated heterocycles. The molecule has 0 saturated carbocycles. The van der Waals surface area contributed by atoms with Gasteiger partial charge in [-0.1, -0.05) is 38.7 Å². The average molecular weight is 303 g/mol. The van der Waals surface area contributed by atoms with Crippen molar-refractivity contribution in [3.63, 3.8) is 0 Å². The predicted octanol–water partition coefficient (Wildman–Crippen LogP) is 5.02. The van der Waals surface area contributed by atoms with E-state index in [-0.39, 0.29) is 0 Å². The van der Waals surface area contributed by atoms with E-state index in [2.05, 4.69) is 56.6 Å². The number of aliphatic imine (C=N–C) groups is 1. The van der Waals surface area contributed by atoms with Gasteiger partial charge in [0, 0.05) is 18.3 Å². The van der Waals surface area contributed by atoms with Crippen molar-refractivity contribution >= 4 is 5.71 Å². The molecule has 2 N–H and O–H groups in total. The summed E-state index contributed by atoms with van der Waals surface area (Å²) in [6.07, 6.45) is 12.3. The first-order valence-electron chi connectivity index (χ1n) is 7.93. The van der Waals surface area contributed by atoms with E-state index < -0.39 is 0 Å². The van der Waals surface area contributed by atoms with Crippen molar-refractivity contribution in [1.82, 2.24) is 0 Å². The highest BCUT2D eigenvalue weighted by Gasteiger charge is 2.07. The lowest BCUT2D eigenvalue weighted by molar-refractivity contribution is 0.417. The highest BCUT2D eigenvalue weighted by Crippen LogP contribution is 2.19. The molecule has 3 nitrogen and oxygen atoms in total. The summed E-state index contributed by atoms with van der Waals surface area (Å²) in [7, 11) is 0. The van der Waals surface area contributed by atoms with Gasteiger partial charge in [0.15, 0.2) is 0 Å². The lowest BCUT2D eigenvalue weighted by atomic mass is 9.91. The van der Waals surface area contributed by atoms with Crippen molar-refractivity contribution in [2.45, 2.75) is 53.9 Å². The Morgan fingerprint density at radius 2 is 2.00 bits per heavy atom. The summed E-state index contributed by atoms with van der Waals surface area (Å²) in [6.45, 7) is 14.3. The Morgan fingerprint density at radius 1 is 1.41 bits per heavy atom. The predicted molar refractivity (Wildman–Crippen MR) is 98.7 cm³/mol. The van der Waals surface area contributed by atoms with E-state index in [9.17, 15) is 0 Å². The van der Waals surface area contributed by atoms with E-state index >= 15 is 0 Å². The molecule has 0 aliphatic heterocycles. The molecule has 2 unspecified atom stereocenters. The van der Waals surface area contributed by atoms with Gasteiger partial charge < -0.3 is 5.73 Å². The van der Waals surface area contributed by atoms with Gasteiger partial charge in [-0.05, 0) is 51.0 Å². The van der Waals surface area contributed by atoms with Crippen LogP contribution in [0.4, 0.5) is 0 Å². The fourth-order valence-corrected chi connectivity index (χ4v) is 1.85. The van der Waals surface area contributed by atoms with E-state index in [1.165, 1.54) is 19.8 Å². The third kappa shape index (κ3) is 16.2. The van der Waals surface area contributed by atoms with Crippen LogP contribution < -0.4 is 5.73 Å². The van der Waals surface area contributed by atoms with Crippen LogP contribution in [0.5, 0.6) is 0 Å². The van der Waals surface area contributed by atoms with Crippen LogP contribution in [0.25, 0.3) is 0 Å². The van der Waals surface area contributed by atoms with Crippen molar-refractivity contribution in [3.05, 3.63) is 36.6 Å². The molecule has 0 aromatic heterocycles. The Bertz CT molecular complexity index is 411. The van der Waals surface area contributed by atoms with Gasteiger partial charge in [0.25, 0.3) is 0 Å². The topological polar surface area (TPSA) is 62.2 Å². The number of hydrogen-bond acceptors (Lipinski definition) is 3. The van der Waals surface area contributed by atoms with Crippen LogP contribution in [0, 0.1) is 23.2 Å². The SMILES string of the molecule is C=C(N)CN=C(C)/C=C/CCCC(C)C(C)/C=C\C.CC#N. The normalized spacial score (nSPS) is 14.3. The number of nitrogens with zero attached hydrogens (tertiary/aromatic N) is 2. The lowest BCUT2D eigenvalue weighted by Crippen LogP contribution is -2.04. The van der Waals surface area contributed by atoms with Gasteiger partial charge in [0.1, 0.15) is 0 Å². The number of hydrogen-bond donors (Lipinski definition) is 1. The maximum absolute atomic E-state index is 7.32. The third-order valence-corrected chi connectivity index (χ3v) is 3.31. The number of nitrogens with two attached hydrogens (primary N) is 1. The molecule has 2 atom stereocenters. The maximum atomic E-state index is 7.32. The molecule has 0 fully saturated rings. The molecule has 0 bridgehead atoms. The average Bonchev–Trinajstić information content (AvgIpc) is 2.45. The van der Waals surface area contributed by atoms with E-state index in [4.69, 9.17) is 11.0 Å². The molecule has 0 radical (unpaired) electrons. The van der Waals surface area contributed by atoms with Crippen molar-refractivity contribution in [1.29, 1.82) is 5.26 Å². The van der Waals surface area contributed by atoms with Gasteiger partial charge in [0.2, 0.25) is 0 Å². The number of nitriles is 1. The molecular formula is C19H33N3. The van der Waals surface area contributed by atoms with Gasteiger partial charge in [-0.3, -0.25) is 4.99 Å². The molecule has 3 heteroatoms. The van der Waals surface area contributed by atoms with Crippen LogP contribution >= 0.6 is 0 Å². The fourth-order valence-electron chi connectivity index (χ4n) is 1.85. The zero-order chi connectivity index (χ0) is 17.4. The molecule has 0 heterocycles. The number of unbranched alkanes of at least 4 members (excludes halogenated alkanes) is 1. The number of rotatable bonds is 9. The molecule has 0 aliphatic carbocycles. The second-order valence-electron chi connectivity index (χ2n) is 5.53. The first kappa shape index (κ1) is 22.5. The quantitative estimate of drug-likeness (QED) is 0.369. The summed E-state index contributed by atoms with van der Waals surface area (Å²) >= 11 is 0. The molecule has 0 rings (SSSR count). The van der Waals surface area contributed by atoms with Crippen molar-refractivity contribution < 1.29 is 0 Å². The van der Waals surface area contributed by atoms with Gasteiger partial charge in [-0.15, -0.1) is 0 Å². The molecule has 124 valence electrons. The summed E-state index contributed by atoms with van der Waals surface area (Å²) in [5.74, 6) is 1.42. The van der Waals surface area contributed by atoms with Crippen LogP contribution in [0.15, 0.2) is 41.6 Å². The van der Waals surface area contributed by atoms with Crippen molar-refractivity contribution in [3.8, 4) is 6.07 Å². The molecular weight excluding hydrogens is 270 g/mol. The van der Waals surface area contributed by atoms with E-state index in [1.54, 1.807) is 6.07 Å². The summed E-state index contributed by atoms with van der Waals surface area (Å²) in [4.78, 5) is 4.31. The fraction of sp³-hybridized carbons (Fsp3) is 0.579. The van der Waals surface area contributed by atoms with Crippen LogP contribution in [0.3, 0.4) is 0 Å². The van der Waals surface area contributed by atoms with E-state index in [1.807, 2.05) is 6.92 Å². The second-order valence-corrected chi connectivity index (χ2v) is 5.53. The lowest BCUT2D eigenvalue weighted by Gasteiger charge is -2.15. The van der Waals surface area contributed by atoms with Crippen LogP contribution in [-0.2, 0) is 0 Å². The molecule has 0 aromatic rings. The minimum absolute atomic E-state index is 0.522. The molecule has 0 aromatic carbocycles. The second kappa shape index (κ2) is 15.6. The van der Waals surface area contributed by atoms with E-state index in [0.717, 1.165) is 18.1 Å². The monoisotopic (exact) mass is 303 g/mol. The Labute approximate surface area is 137 Å². The maximum Gasteiger partial charge on any atom is 0.0781 e. The van der Waals surface area contributed by atoms with Gasteiger partial charge in [-0.2, -0.15) is 5.26 Å². The van der Waals surface area contributed by atoms with Crippen LogP contribution in [0.1, 0.15) is 53.9 Å². The minimum Gasteiger partial charge on any atom is -0.401 e. The molecule has 0 spiro atoms. The van der Waals surface area contributed by atoms with Gasteiger partial charge >= 0.3 is 0 Å². The first-order chi connectivity index (χ1) is 10.4. The zero-order valence-electron chi connectivity index (χ0n) is 15.0. The largest absolute Gasteiger partial charge is 0.401 e. The van der Waals surface area contributed by atoms with E-state index in [0.29, 0.717) is 18.2 Å². The zero-order valence-corrected chi connectivity index (χ0v) is 15.0. The summed E-state index contributed by atoms with van der Waals surface area (Å²) in [6, 6.07) is 1.75.